The number of benzene rings is 4. The number of rotatable bonds is 5. The Kier molecular flexibility index (Phi) is 7.01. The molecule has 4 aromatic rings. The van der Waals surface area contributed by atoms with Crippen LogP contribution in [0, 0.1) is 0 Å². The Morgan fingerprint density at radius 3 is 0.806 bits per heavy atom. The molecule has 2 fully saturated rings. The Hall–Kier alpha value is -3.15. The zero-order chi connectivity index (χ0) is 24.2. The standard InChI is InChI=1S/C30H28B2O4/c1-5-13-23(14-6-1)27-21-28(24-15-7-2-8-16-24)34-31(33-27)32-35-29(25-17-9-3-10-18-25)22-30(36-32)26-19-11-4-12-20-26/h1-20,27-30H,21-22H2. The fourth-order valence-corrected chi connectivity index (χ4v) is 5.11. The van der Waals surface area contributed by atoms with E-state index < -0.39 is 14.0 Å². The summed E-state index contributed by atoms with van der Waals surface area (Å²) in [4.78, 5) is 0. The molecular weight excluding hydrogens is 446 g/mol. The fourth-order valence-electron chi connectivity index (χ4n) is 5.11. The maximum absolute atomic E-state index is 6.56. The van der Waals surface area contributed by atoms with Crippen LogP contribution in [0.2, 0.25) is 0 Å². The van der Waals surface area contributed by atoms with Gasteiger partial charge in [0.05, 0.1) is 24.4 Å². The van der Waals surface area contributed by atoms with Crippen LogP contribution in [-0.4, -0.2) is 14.0 Å². The molecule has 2 saturated heterocycles. The van der Waals surface area contributed by atoms with E-state index in [1.54, 1.807) is 0 Å². The van der Waals surface area contributed by atoms with Crippen LogP contribution < -0.4 is 0 Å². The fraction of sp³-hybridized carbons (Fsp3) is 0.200. The van der Waals surface area contributed by atoms with Crippen LogP contribution >= 0.6 is 0 Å². The SMILES string of the molecule is c1ccc(C2CC(c3ccccc3)OB(B3OC(c4ccccc4)CC(c4ccccc4)O3)O2)cc1. The molecule has 0 radical (unpaired) electrons. The molecule has 2 aliphatic rings. The lowest BCUT2D eigenvalue weighted by Gasteiger charge is -2.40. The minimum atomic E-state index is -0.674. The van der Waals surface area contributed by atoms with Gasteiger partial charge in [-0.05, 0) is 22.3 Å². The molecule has 4 atom stereocenters. The summed E-state index contributed by atoms with van der Waals surface area (Å²) in [5.74, 6) is 0. The van der Waals surface area contributed by atoms with E-state index in [2.05, 4.69) is 48.5 Å². The first-order chi connectivity index (χ1) is 17.8. The van der Waals surface area contributed by atoms with Crippen LogP contribution in [0.15, 0.2) is 121 Å². The van der Waals surface area contributed by atoms with Crippen molar-refractivity contribution in [2.75, 3.05) is 0 Å². The van der Waals surface area contributed by atoms with Crippen molar-refractivity contribution in [2.45, 2.75) is 37.3 Å². The van der Waals surface area contributed by atoms with Crippen LogP contribution in [0.5, 0.6) is 0 Å². The smallest absolute Gasteiger partial charge is 0.406 e. The van der Waals surface area contributed by atoms with Gasteiger partial charge < -0.3 is 18.6 Å². The van der Waals surface area contributed by atoms with Gasteiger partial charge in [0.2, 0.25) is 0 Å². The average molecular weight is 474 g/mol. The van der Waals surface area contributed by atoms with Gasteiger partial charge in [0.15, 0.2) is 0 Å². The van der Waals surface area contributed by atoms with Crippen LogP contribution in [0.3, 0.4) is 0 Å². The number of hydrogen-bond acceptors (Lipinski definition) is 4. The van der Waals surface area contributed by atoms with Crippen molar-refractivity contribution in [3.05, 3.63) is 144 Å². The second-order valence-corrected chi connectivity index (χ2v) is 9.35. The van der Waals surface area contributed by atoms with E-state index in [0.717, 1.165) is 35.1 Å². The highest BCUT2D eigenvalue weighted by Crippen LogP contribution is 2.42. The molecule has 2 aliphatic heterocycles. The van der Waals surface area contributed by atoms with Crippen molar-refractivity contribution in [3.8, 4) is 0 Å². The van der Waals surface area contributed by atoms with E-state index in [1.165, 1.54) is 0 Å². The van der Waals surface area contributed by atoms with Crippen molar-refractivity contribution < 1.29 is 18.6 Å². The summed E-state index contributed by atoms with van der Waals surface area (Å²) < 4.78 is 26.2. The zero-order valence-electron chi connectivity index (χ0n) is 20.1. The van der Waals surface area contributed by atoms with Gasteiger partial charge >= 0.3 is 14.0 Å². The van der Waals surface area contributed by atoms with Gasteiger partial charge in [-0.2, -0.15) is 0 Å². The Morgan fingerprint density at radius 1 is 0.361 bits per heavy atom. The molecule has 0 saturated carbocycles. The highest BCUT2D eigenvalue weighted by Gasteiger charge is 2.51. The average Bonchev–Trinajstić information content (AvgIpc) is 2.98. The van der Waals surface area contributed by atoms with E-state index in [9.17, 15) is 0 Å². The molecule has 0 amide bonds. The molecule has 178 valence electrons. The molecule has 2 heterocycles. The van der Waals surface area contributed by atoms with E-state index in [-0.39, 0.29) is 24.4 Å². The minimum absolute atomic E-state index is 0.130. The van der Waals surface area contributed by atoms with Gasteiger partial charge in [-0.1, -0.05) is 121 Å². The highest BCUT2D eigenvalue weighted by molar-refractivity contribution is 7.10. The molecule has 4 unspecified atom stereocenters. The van der Waals surface area contributed by atoms with Gasteiger partial charge in [0.1, 0.15) is 0 Å². The predicted molar refractivity (Wildman–Crippen MR) is 142 cm³/mol. The lowest BCUT2D eigenvalue weighted by Crippen LogP contribution is -2.52. The molecule has 0 aromatic heterocycles. The van der Waals surface area contributed by atoms with Crippen LogP contribution in [-0.2, 0) is 18.6 Å². The third-order valence-electron chi connectivity index (χ3n) is 6.96. The first-order valence-corrected chi connectivity index (χ1v) is 12.6. The minimum Gasteiger partial charge on any atom is -0.406 e. The van der Waals surface area contributed by atoms with Crippen molar-refractivity contribution in [3.63, 3.8) is 0 Å². The van der Waals surface area contributed by atoms with Crippen molar-refractivity contribution >= 4 is 14.0 Å². The van der Waals surface area contributed by atoms with Gasteiger partial charge in [0, 0.05) is 12.8 Å². The third-order valence-corrected chi connectivity index (χ3v) is 6.96. The van der Waals surface area contributed by atoms with Crippen LogP contribution in [0.1, 0.15) is 59.5 Å². The lowest BCUT2D eigenvalue weighted by molar-refractivity contribution is -0.0112. The molecule has 6 rings (SSSR count). The monoisotopic (exact) mass is 474 g/mol. The predicted octanol–water partition coefficient (Wildman–Crippen LogP) is 6.88. The lowest BCUT2D eigenvalue weighted by atomic mass is 9.46. The quantitative estimate of drug-likeness (QED) is 0.296. The topological polar surface area (TPSA) is 36.9 Å². The second kappa shape index (κ2) is 10.9. The first-order valence-electron chi connectivity index (χ1n) is 12.6. The summed E-state index contributed by atoms with van der Waals surface area (Å²) in [6.07, 6.45) is 0.927. The molecule has 0 N–H and O–H groups in total. The molecule has 6 heteroatoms. The van der Waals surface area contributed by atoms with Crippen molar-refractivity contribution in [1.82, 2.24) is 0 Å². The molecule has 0 spiro atoms. The molecule has 4 nitrogen and oxygen atoms in total. The maximum atomic E-state index is 6.56. The van der Waals surface area contributed by atoms with E-state index in [0.29, 0.717) is 0 Å². The summed E-state index contributed by atoms with van der Waals surface area (Å²) in [7, 11) is -1.35. The van der Waals surface area contributed by atoms with Crippen LogP contribution in [0.25, 0.3) is 0 Å². The molecular formula is C30H28B2O4. The van der Waals surface area contributed by atoms with Crippen LogP contribution in [0.4, 0.5) is 0 Å². The molecule has 36 heavy (non-hydrogen) atoms. The Balaban J connectivity index is 1.32. The molecule has 0 aliphatic carbocycles. The summed E-state index contributed by atoms with van der Waals surface area (Å²) >= 11 is 0. The molecule has 0 bridgehead atoms. The van der Waals surface area contributed by atoms with E-state index in [4.69, 9.17) is 18.6 Å². The zero-order valence-corrected chi connectivity index (χ0v) is 20.1. The first kappa shape index (κ1) is 23.3. The maximum Gasteiger partial charge on any atom is 0.488 e. The second-order valence-electron chi connectivity index (χ2n) is 9.35. The van der Waals surface area contributed by atoms with E-state index >= 15 is 0 Å². The van der Waals surface area contributed by atoms with Gasteiger partial charge in [0.25, 0.3) is 0 Å². The normalized spacial score (nSPS) is 24.4. The summed E-state index contributed by atoms with van der Waals surface area (Å²) in [5, 5.41) is 0. The largest absolute Gasteiger partial charge is 0.488 e. The van der Waals surface area contributed by atoms with Gasteiger partial charge in [-0.3, -0.25) is 0 Å². The third kappa shape index (κ3) is 5.18. The molecule has 4 aromatic carbocycles. The Labute approximate surface area is 213 Å². The summed E-state index contributed by atoms with van der Waals surface area (Å²) in [6, 6.07) is 41.3. The Bertz CT molecular complexity index is 1030. The van der Waals surface area contributed by atoms with Crippen molar-refractivity contribution in [2.24, 2.45) is 0 Å². The summed E-state index contributed by atoms with van der Waals surface area (Å²) in [5.41, 5.74) is 4.51. The highest BCUT2D eigenvalue weighted by atomic mass is 16.7. The number of hydrogen-bond donors (Lipinski definition) is 0. The van der Waals surface area contributed by atoms with Gasteiger partial charge in [-0.25, -0.2) is 0 Å². The summed E-state index contributed by atoms with van der Waals surface area (Å²) in [6.45, 7) is 0. The van der Waals surface area contributed by atoms with Crippen molar-refractivity contribution in [1.29, 1.82) is 0 Å². The Morgan fingerprint density at radius 2 is 0.583 bits per heavy atom. The van der Waals surface area contributed by atoms with E-state index in [1.807, 2.05) is 72.8 Å². The van der Waals surface area contributed by atoms with Gasteiger partial charge in [-0.15, -0.1) is 0 Å².